The van der Waals surface area contributed by atoms with Crippen molar-refractivity contribution in [2.75, 3.05) is 26.1 Å². The average Bonchev–Trinajstić information content (AvgIpc) is 2.71. The Kier molecular flexibility index (Phi) is 7.69. The number of hydrogen-bond acceptors (Lipinski definition) is 9. The lowest BCUT2D eigenvalue weighted by Crippen LogP contribution is -2.37. The number of sulfonamides is 1. The number of methoxy groups -OCH3 is 2. The Morgan fingerprint density at radius 1 is 1.07 bits per heavy atom. The molecule has 0 saturated heterocycles. The maximum Gasteiger partial charge on any atom is 0.351 e. The van der Waals surface area contributed by atoms with E-state index in [2.05, 4.69) is 15.3 Å². The van der Waals surface area contributed by atoms with Gasteiger partial charge in [0, 0.05) is 0 Å². The third kappa shape index (κ3) is 6.17. The van der Waals surface area contributed by atoms with Gasteiger partial charge in [0.1, 0.15) is 0 Å². The minimum atomic E-state index is -4.59. The number of rotatable bonds is 8. The van der Waals surface area contributed by atoms with Crippen molar-refractivity contribution in [2.24, 2.45) is 0 Å². The Morgan fingerprint density at radius 3 is 2.20 bits per heavy atom. The first-order chi connectivity index (χ1) is 14.3. The molecule has 0 bridgehead atoms. The summed E-state index contributed by atoms with van der Waals surface area (Å²) in [5.74, 6) is -1.23. The van der Waals surface area contributed by atoms with Gasteiger partial charge in [-0.15, -0.1) is 0 Å². The maximum atomic E-state index is 12.7. The summed E-state index contributed by atoms with van der Waals surface area (Å²) in [6.45, 7) is 1.47. The first kappa shape index (κ1) is 22.6. The fraction of sp³-hybridized carbons (Fsp3) is 0.222. The highest BCUT2D eigenvalue weighted by Gasteiger charge is 2.28. The number of nitrogens with zero attached hydrogens (tertiary/aromatic N) is 2. The average molecular weight is 436 g/mol. The van der Waals surface area contributed by atoms with E-state index >= 15 is 0 Å². The van der Waals surface area contributed by atoms with Crippen molar-refractivity contribution >= 4 is 34.0 Å². The molecule has 0 spiro atoms. The van der Waals surface area contributed by atoms with E-state index in [-0.39, 0.29) is 24.3 Å². The van der Waals surface area contributed by atoms with Crippen molar-refractivity contribution in [3.63, 3.8) is 0 Å². The number of esters is 1. The Balaban J connectivity index is 2.28. The van der Waals surface area contributed by atoms with E-state index < -0.39 is 26.9 Å². The van der Waals surface area contributed by atoms with E-state index in [0.29, 0.717) is 5.56 Å². The van der Waals surface area contributed by atoms with Crippen LogP contribution < -0.4 is 19.5 Å². The molecule has 11 nitrogen and oxygen atoms in total. The Morgan fingerprint density at radius 2 is 1.67 bits per heavy atom. The van der Waals surface area contributed by atoms with E-state index in [4.69, 9.17) is 14.2 Å². The van der Waals surface area contributed by atoms with E-state index in [9.17, 15) is 18.0 Å². The number of aromatic nitrogens is 2. The molecule has 30 heavy (non-hydrogen) atoms. The van der Waals surface area contributed by atoms with Crippen LogP contribution in [-0.4, -0.2) is 51.2 Å². The monoisotopic (exact) mass is 436 g/mol. The zero-order chi connectivity index (χ0) is 22.1. The van der Waals surface area contributed by atoms with Gasteiger partial charge in [0.2, 0.25) is 17.7 Å². The van der Waals surface area contributed by atoms with Crippen molar-refractivity contribution in [2.45, 2.75) is 6.92 Å². The zero-order valence-corrected chi connectivity index (χ0v) is 17.2. The van der Waals surface area contributed by atoms with Gasteiger partial charge in [-0.1, -0.05) is 30.3 Å². The minimum Gasteiger partial charge on any atom is -0.481 e. The number of nitrogens with one attached hydrogen (secondary N) is 2. The smallest absolute Gasteiger partial charge is 0.351 e. The van der Waals surface area contributed by atoms with Gasteiger partial charge in [0.15, 0.2) is 4.91 Å². The summed E-state index contributed by atoms with van der Waals surface area (Å²) in [5, 5.41) is 2.15. The van der Waals surface area contributed by atoms with Gasteiger partial charge in [-0.25, -0.2) is 22.7 Å². The third-order valence-corrected chi connectivity index (χ3v) is 4.73. The van der Waals surface area contributed by atoms with Crippen LogP contribution in [-0.2, 0) is 19.6 Å². The molecular formula is C18H20N4O7S. The normalized spacial score (nSPS) is 11.4. The molecule has 0 aliphatic carbocycles. The van der Waals surface area contributed by atoms with E-state index in [1.54, 1.807) is 35.1 Å². The molecular weight excluding hydrogens is 416 g/mol. The Labute approximate surface area is 173 Å². The summed E-state index contributed by atoms with van der Waals surface area (Å²) in [5.41, 5.74) is 0.423. The summed E-state index contributed by atoms with van der Waals surface area (Å²) in [6.07, 6.45) is 1.10. The van der Waals surface area contributed by atoms with Gasteiger partial charge in [-0.3, -0.25) is 5.32 Å². The molecule has 2 N–H and O–H groups in total. The highest BCUT2D eigenvalue weighted by atomic mass is 32.2. The van der Waals surface area contributed by atoms with Gasteiger partial charge < -0.3 is 14.2 Å². The number of urea groups is 1. The number of anilines is 1. The fourth-order valence-electron chi connectivity index (χ4n) is 2.12. The van der Waals surface area contributed by atoms with Crippen LogP contribution >= 0.6 is 0 Å². The molecule has 0 saturated carbocycles. The fourth-order valence-corrected chi connectivity index (χ4v) is 3.10. The lowest BCUT2D eigenvalue weighted by Gasteiger charge is -2.11. The van der Waals surface area contributed by atoms with Gasteiger partial charge in [-0.05, 0) is 18.6 Å². The molecule has 0 radical (unpaired) electrons. The number of ether oxygens (including phenoxy) is 3. The predicted octanol–water partition coefficient (Wildman–Crippen LogP) is 1.55. The third-order valence-electron chi connectivity index (χ3n) is 3.41. The first-order valence-electron chi connectivity index (χ1n) is 8.53. The molecule has 1 heterocycles. The summed E-state index contributed by atoms with van der Waals surface area (Å²) < 4.78 is 41.8. The molecule has 2 rings (SSSR count). The van der Waals surface area contributed by atoms with Crippen LogP contribution in [0, 0.1) is 0 Å². The van der Waals surface area contributed by atoms with Crippen molar-refractivity contribution < 1.29 is 32.2 Å². The molecule has 0 aliphatic heterocycles. The summed E-state index contributed by atoms with van der Waals surface area (Å²) >= 11 is 0. The van der Waals surface area contributed by atoms with Crippen LogP contribution in [0.4, 0.5) is 10.7 Å². The second-order valence-corrected chi connectivity index (χ2v) is 7.13. The van der Waals surface area contributed by atoms with E-state index in [0.717, 1.165) is 6.08 Å². The van der Waals surface area contributed by atoms with Gasteiger partial charge >= 0.3 is 12.0 Å². The lowest BCUT2D eigenvalue weighted by molar-refractivity contribution is -0.137. The second-order valence-electron chi connectivity index (χ2n) is 5.48. The summed E-state index contributed by atoms with van der Waals surface area (Å²) in [4.78, 5) is 31.4. The van der Waals surface area contributed by atoms with Crippen molar-refractivity contribution in [1.82, 2.24) is 14.7 Å². The molecule has 2 aromatic rings. The molecule has 0 aliphatic rings. The predicted molar refractivity (Wildman–Crippen MR) is 107 cm³/mol. The first-order valence-corrected chi connectivity index (χ1v) is 10.0. The largest absolute Gasteiger partial charge is 0.481 e. The standard InChI is InChI=1S/C18H20N4O7S/c1-4-29-16(23)13(10-12-8-6-5-7-9-12)30(25,26)22-18(24)21-17-19-14(27-2)11-15(20-17)28-3/h5-11H,4H2,1-3H3,(H2,19,20,21,22,24)/b13-10+. The molecule has 1 aromatic heterocycles. The van der Waals surface area contributed by atoms with Crippen molar-refractivity contribution in [1.29, 1.82) is 0 Å². The minimum absolute atomic E-state index is 0.0515. The summed E-state index contributed by atoms with van der Waals surface area (Å²) in [7, 11) is -1.90. The molecule has 1 aromatic carbocycles. The van der Waals surface area contributed by atoms with Crippen LogP contribution in [0.1, 0.15) is 12.5 Å². The SMILES string of the molecule is CCOC(=O)/C(=C\c1ccccc1)S(=O)(=O)NC(=O)Nc1nc(OC)cc(OC)n1. The highest BCUT2D eigenvalue weighted by Crippen LogP contribution is 2.18. The maximum absolute atomic E-state index is 12.7. The summed E-state index contributed by atoms with van der Waals surface area (Å²) in [6, 6.07) is 8.39. The van der Waals surface area contributed by atoms with Crippen LogP contribution in [0.5, 0.6) is 11.8 Å². The van der Waals surface area contributed by atoms with E-state index in [1.807, 2.05) is 0 Å². The quantitative estimate of drug-likeness (QED) is 0.465. The lowest BCUT2D eigenvalue weighted by atomic mass is 10.2. The van der Waals surface area contributed by atoms with Gasteiger partial charge in [-0.2, -0.15) is 9.97 Å². The van der Waals surface area contributed by atoms with E-state index in [1.165, 1.54) is 27.2 Å². The van der Waals surface area contributed by atoms with Crippen LogP contribution in [0.15, 0.2) is 41.3 Å². The molecule has 12 heteroatoms. The van der Waals surface area contributed by atoms with Crippen LogP contribution in [0.3, 0.4) is 0 Å². The van der Waals surface area contributed by atoms with Crippen molar-refractivity contribution in [3.8, 4) is 11.8 Å². The number of hydrogen-bond donors (Lipinski definition) is 2. The van der Waals surface area contributed by atoms with Crippen molar-refractivity contribution in [3.05, 3.63) is 46.9 Å². The molecule has 0 fully saturated rings. The number of amides is 2. The number of benzene rings is 1. The van der Waals surface area contributed by atoms with Gasteiger partial charge in [0.25, 0.3) is 10.0 Å². The molecule has 0 atom stereocenters. The molecule has 2 amide bonds. The topological polar surface area (TPSA) is 146 Å². The zero-order valence-electron chi connectivity index (χ0n) is 16.4. The van der Waals surface area contributed by atoms with Crippen LogP contribution in [0.25, 0.3) is 6.08 Å². The molecule has 0 unspecified atom stereocenters. The number of carbonyl (C=O) groups is 2. The Hall–Kier alpha value is -3.67. The highest BCUT2D eigenvalue weighted by molar-refractivity contribution is 7.95. The van der Waals surface area contributed by atoms with Crippen LogP contribution in [0.2, 0.25) is 0 Å². The second kappa shape index (κ2) is 10.2. The van der Waals surface area contributed by atoms with Gasteiger partial charge in [0.05, 0.1) is 26.9 Å². The Bertz CT molecular complexity index is 1020. The molecule has 160 valence electrons. The number of carbonyl (C=O) groups excluding carboxylic acids is 2.